The number of rotatable bonds is 5. The van der Waals surface area contributed by atoms with E-state index in [1.54, 1.807) is 12.4 Å². The maximum absolute atomic E-state index is 11.8. The number of imidazole rings is 1. The lowest BCUT2D eigenvalue weighted by atomic mass is 10.4. The van der Waals surface area contributed by atoms with Gasteiger partial charge in [0.1, 0.15) is 5.82 Å². The van der Waals surface area contributed by atoms with Gasteiger partial charge in [-0.15, -0.1) is 0 Å². The fourth-order valence-corrected chi connectivity index (χ4v) is 1.23. The fourth-order valence-electron chi connectivity index (χ4n) is 1.23. The van der Waals surface area contributed by atoms with Crippen LogP contribution in [0.3, 0.4) is 0 Å². The van der Waals surface area contributed by atoms with Gasteiger partial charge in [0.05, 0.1) is 13.0 Å². The lowest BCUT2D eigenvalue weighted by molar-refractivity contribution is -0.133. The first kappa shape index (κ1) is 12.0. The highest BCUT2D eigenvalue weighted by atomic mass is 19.4. The highest BCUT2D eigenvalue weighted by molar-refractivity contribution is 4.91. The predicted molar refractivity (Wildman–Crippen MR) is 50.3 cm³/mol. The van der Waals surface area contributed by atoms with Crippen LogP contribution in [0.5, 0.6) is 0 Å². The molecule has 1 aromatic rings. The van der Waals surface area contributed by atoms with Gasteiger partial charge in [0, 0.05) is 25.5 Å². The second-order valence-electron chi connectivity index (χ2n) is 3.17. The van der Waals surface area contributed by atoms with E-state index in [2.05, 4.69) is 10.3 Å². The van der Waals surface area contributed by atoms with Gasteiger partial charge in [-0.25, -0.2) is 4.98 Å². The quantitative estimate of drug-likeness (QED) is 0.770. The zero-order valence-corrected chi connectivity index (χ0v) is 8.51. The average molecular weight is 221 g/mol. The molecule has 1 rings (SSSR count). The van der Waals surface area contributed by atoms with E-state index in [0.717, 1.165) is 12.4 Å². The third-order valence-corrected chi connectivity index (χ3v) is 2.01. The van der Waals surface area contributed by atoms with E-state index in [4.69, 9.17) is 0 Å². The molecule has 86 valence electrons. The molecule has 0 atom stereocenters. The number of aromatic nitrogens is 2. The number of halogens is 3. The Morgan fingerprint density at radius 2 is 2.20 bits per heavy atom. The van der Waals surface area contributed by atoms with Crippen LogP contribution < -0.4 is 5.32 Å². The predicted octanol–water partition coefficient (Wildman–Crippen LogP) is 1.95. The topological polar surface area (TPSA) is 29.9 Å². The number of nitrogens with one attached hydrogen (secondary N) is 1. The Morgan fingerprint density at radius 3 is 2.80 bits per heavy atom. The molecule has 0 aliphatic heterocycles. The molecule has 6 heteroatoms. The van der Waals surface area contributed by atoms with Gasteiger partial charge in [-0.1, -0.05) is 0 Å². The fraction of sp³-hybridized carbons (Fsp3) is 0.667. The molecular weight excluding hydrogens is 207 g/mol. The summed E-state index contributed by atoms with van der Waals surface area (Å²) in [6, 6.07) is 0. The van der Waals surface area contributed by atoms with Crippen LogP contribution in [-0.2, 0) is 13.1 Å². The molecule has 1 aromatic heterocycles. The zero-order valence-electron chi connectivity index (χ0n) is 8.51. The molecule has 15 heavy (non-hydrogen) atoms. The summed E-state index contributed by atoms with van der Waals surface area (Å²) in [7, 11) is 0. The minimum Gasteiger partial charge on any atom is -0.334 e. The molecule has 0 radical (unpaired) electrons. The lowest BCUT2D eigenvalue weighted by Crippen LogP contribution is -2.22. The van der Waals surface area contributed by atoms with E-state index in [1.807, 2.05) is 11.5 Å². The van der Waals surface area contributed by atoms with Gasteiger partial charge in [0.25, 0.3) is 0 Å². The maximum Gasteiger partial charge on any atom is 0.390 e. The van der Waals surface area contributed by atoms with Crippen molar-refractivity contribution < 1.29 is 13.2 Å². The molecule has 1 N–H and O–H groups in total. The summed E-state index contributed by atoms with van der Waals surface area (Å²) >= 11 is 0. The molecule has 0 spiro atoms. The lowest BCUT2D eigenvalue weighted by Gasteiger charge is -2.08. The Balaban J connectivity index is 2.26. The van der Waals surface area contributed by atoms with Crippen LogP contribution in [0.25, 0.3) is 0 Å². The second-order valence-corrected chi connectivity index (χ2v) is 3.17. The third kappa shape index (κ3) is 4.33. The number of nitrogens with zero attached hydrogens (tertiary/aromatic N) is 2. The summed E-state index contributed by atoms with van der Waals surface area (Å²) in [5.74, 6) is 0.764. The molecule has 1 heterocycles. The summed E-state index contributed by atoms with van der Waals surface area (Å²) in [6.45, 7) is 3.04. The molecular formula is C9H14F3N3. The second kappa shape index (κ2) is 5.16. The monoisotopic (exact) mass is 221 g/mol. The van der Waals surface area contributed by atoms with Crippen molar-refractivity contribution in [2.45, 2.75) is 32.6 Å². The summed E-state index contributed by atoms with van der Waals surface area (Å²) in [6.07, 6.45) is -1.45. The number of aryl methyl sites for hydroxylation is 1. The molecule has 0 fully saturated rings. The van der Waals surface area contributed by atoms with Gasteiger partial charge in [-0.05, 0) is 6.92 Å². The Hall–Kier alpha value is -1.04. The van der Waals surface area contributed by atoms with Crippen LogP contribution >= 0.6 is 0 Å². The highest BCUT2D eigenvalue weighted by Gasteiger charge is 2.25. The summed E-state index contributed by atoms with van der Waals surface area (Å²) in [4.78, 5) is 4.04. The Morgan fingerprint density at radius 1 is 1.47 bits per heavy atom. The average Bonchev–Trinajstić information content (AvgIpc) is 2.58. The van der Waals surface area contributed by atoms with Crippen LogP contribution in [0, 0.1) is 0 Å². The summed E-state index contributed by atoms with van der Waals surface area (Å²) < 4.78 is 37.3. The summed E-state index contributed by atoms with van der Waals surface area (Å²) in [5, 5.41) is 2.72. The van der Waals surface area contributed by atoms with Crippen molar-refractivity contribution in [1.82, 2.24) is 14.9 Å². The molecule has 0 saturated carbocycles. The van der Waals surface area contributed by atoms with E-state index in [0.29, 0.717) is 6.54 Å². The Kier molecular flexibility index (Phi) is 4.14. The molecule has 0 amide bonds. The van der Waals surface area contributed by atoms with E-state index in [-0.39, 0.29) is 6.54 Å². The first-order chi connectivity index (χ1) is 7.03. The van der Waals surface area contributed by atoms with Crippen LogP contribution in [0.2, 0.25) is 0 Å². The minimum atomic E-state index is -4.09. The summed E-state index contributed by atoms with van der Waals surface area (Å²) in [5.41, 5.74) is 0. The van der Waals surface area contributed by atoms with Crippen LogP contribution in [0.15, 0.2) is 12.4 Å². The van der Waals surface area contributed by atoms with Crippen molar-refractivity contribution in [3.63, 3.8) is 0 Å². The van der Waals surface area contributed by atoms with E-state index in [1.165, 1.54) is 0 Å². The Bertz CT molecular complexity index is 293. The molecule has 0 aliphatic rings. The van der Waals surface area contributed by atoms with Crippen LogP contribution in [-0.4, -0.2) is 22.3 Å². The first-order valence-corrected chi connectivity index (χ1v) is 4.80. The molecule has 0 bridgehead atoms. The number of hydrogen-bond donors (Lipinski definition) is 1. The van der Waals surface area contributed by atoms with E-state index < -0.39 is 12.6 Å². The third-order valence-electron chi connectivity index (χ3n) is 2.01. The van der Waals surface area contributed by atoms with E-state index >= 15 is 0 Å². The van der Waals surface area contributed by atoms with Crippen molar-refractivity contribution in [3.8, 4) is 0 Å². The molecule has 0 aromatic carbocycles. The normalized spacial score (nSPS) is 12.0. The van der Waals surface area contributed by atoms with Crippen molar-refractivity contribution in [1.29, 1.82) is 0 Å². The zero-order chi connectivity index (χ0) is 11.3. The Labute approximate surface area is 86.3 Å². The van der Waals surface area contributed by atoms with Crippen LogP contribution in [0.4, 0.5) is 13.2 Å². The smallest absolute Gasteiger partial charge is 0.334 e. The first-order valence-electron chi connectivity index (χ1n) is 4.80. The van der Waals surface area contributed by atoms with Crippen molar-refractivity contribution in [3.05, 3.63) is 18.2 Å². The highest BCUT2D eigenvalue weighted by Crippen LogP contribution is 2.18. The minimum absolute atomic E-state index is 0.0694. The number of alkyl halides is 3. The van der Waals surface area contributed by atoms with E-state index in [9.17, 15) is 13.2 Å². The van der Waals surface area contributed by atoms with Gasteiger partial charge in [-0.3, -0.25) is 0 Å². The molecule has 0 saturated heterocycles. The van der Waals surface area contributed by atoms with Crippen molar-refractivity contribution in [2.24, 2.45) is 0 Å². The SMILES string of the molecule is CCn1ccnc1CNCCC(F)(F)F. The van der Waals surface area contributed by atoms with Gasteiger partial charge in [0.2, 0.25) is 0 Å². The molecule has 0 unspecified atom stereocenters. The standard InChI is InChI=1S/C9H14F3N3/c1-2-15-6-5-14-8(15)7-13-4-3-9(10,11)12/h5-6,13H,2-4,7H2,1H3. The van der Waals surface area contributed by atoms with Crippen molar-refractivity contribution >= 4 is 0 Å². The maximum atomic E-state index is 11.8. The molecule has 0 aliphatic carbocycles. The van der Waals surface area contributed by atoms with Gasteiger partial charge in [-0.2, -0.15) is 13.2 Å². The molecule has 3 nitrogen and oxygen atoms in total. The van der Waals surface area contributed by atoms with Crippen LogP contribution in [0.1, 0.15) is 19.2 Å². The van der Waals surface area contributed by atoms with Crippen molar-refractivity contribution in [2.75, 3.05) is 6.54 Å². The van der Waals surface area contributed by atoms with Gasteiger partial charge < -0.3 is 9.88 Å². The largest absolute Gasteiger partial charge is 0.390 e. The number of hydrogen-bond acceptors (Lipinski definition) is 2. The van der Waals surface area contributed by atoms with Gasteiger partial charge >= 0.3 is 6.18 Å². The van der Waals surface area contributed by atoms with Gasteiger partial charge in [0.15, 0.2) is 0 Å².